The largest absolute Gasteiger partial charge is 0.497 e. The molecule has 0 aliphatic heterocycles. The molecule has 0 bridgehead atoms. The number of anilines is 1. The molecule has 0 fully saturated rings. The number of carbonyl (C=O) groups excluding carboxylic acids is 1. The van der Waals surface area contributed by atoms with Crippen molar-refractivity contribution in [1.82, 2.24) is 5.32 Å². The lowest BCUT2D eigenvalue weighted by molar-refractivity contribution is -0.383. The Balaban J connectivity index is 2.12. The van der Waals surface area contributed by atoms with Gasteiger partial charge >= 0.3 is 0 Å². The minimum Gasteiger partial charge on any atom is -0.497 e. The zero-order chi connectivity index (χ0) is 20.0. The number of ether oxygens (including phenoxy) is 2. The number of benzene rings is 2. The Morgan fingerprint density at radius 3 is 2.44 bits per heavy atom. The third-order valence-electron chi connectivity index (χ3n) is 4.16. The van der Waals surface area contributed by atoms with Crippen LogP contribution in [-0.4, -0.2) is 31.1 Å². The fourth-order valence-electron chi connectivity index (χ4n) is 2.70. The number of hydrogen-bond acceptors (Lipinski definition) is 6. The number of nitro groups is 1. The fraction of sp³-hybridized carbons (Fsp3) is 0.316. The molecule has 0 heterocycles. The monoisotopic (exact) mass is 373 g/mol. The third-order valence-corrected chi connectivity index (χ3v) is 4.16. The average molecular weight is 373 g/mol. The van der Waals surface area contributed by atoms with E-state index < -0.39 is 11.0 Å². The second kappa shape index (κ2) is 9.00. The summed E-state index contributed by atoms with van der Waals surface area (Å²) in [7, 11) is 3.15. The first kappa shape index (κ1) is 20.2. The molecule has 2 rings (SSSR count). The van der Waals surface area contributed by atoms with Gasteiger partial charge in [-0.1, -0.05) is 12.1 Å². The maximum absolute atomic E-state index is 12.5. The molecule has 27 heavy (non-hydrogen) atoms. The van der Waals surface area contributed by atoms with E-state index in [2.05, 4.69) is 10.6 Å². The molecule has 8 heteroatoms. The van der Waals surface area contributed by atoms with Gasteiger partial charge in [0.05, 0.1) is 25.2 Å². The van der Waals surface area contributed by atoms with Crippen LogP contribution in [0.1, 0.15) is 25.5 Å². The van der Waals surface area contributed by atoms with Crippen molar-refractivity contribution in [2.75, 3.05) is 19.5 Å². The van der Waals surface area contributed by atoms with E-state index in [1.165, 1.54) is 12.1 Å². The first-order valence-corrected chi connectivity index (χ1v) is 8.39. The summed E-state index contributed by atoms with van der Waals surface area (Å²) in [5.74, 6) is 0.969. The Bertz CT molecular complexity index is 825. The van der Waals surface area contributed by atoms with Crippen LogP contribution in [0.2, 0.25) is 0 Å². The van der Waals surface area contributed by atoms with Crippen LogP contribution in [0, 0.1) is 10.1 Å². The van der Waals surface area contributed by atoms with Gasteiger partial charge in [0, 0.05) is 17.7 Å². The molecule has 144 valence electrons. The molecule has 2 N–H and O–H groups in total. The van der Waals surface area contributed by atoms with Crippen molar-refractivity contribution < 1.29 is 19.2 Å². The molecule has 2 atom stereocenters. The molecule has 0 unspecified atom stereocenters. The Hall–Kier alpha value is -3.13. The zero-order valence-corrected chi connectivity index (χ0v) is 15.7. The van der Waals surface area contributed by atoms with Gasteiger partial charge in [-0.05, 0) is 38.1 Å². The number of hydrogen-bond donors (Lipinski definition) is 2. The molecule has 2 aromatic rings. The maximum atomic E-state index is 12.5. The number of nitrogens with one attached hydrogen (secondary N) is 2. The number of methoxy groups -OCH3 is 2. The van der Waals surface area contributed by atoms with E-state index >= 15 is 0 Å². The van der Waals surface area contributed by atoms with Crippen molar-refractivity contribution in [3.05, 3.63) is 58.1 Å². The molecule has 0 saturated carbocycles. The normalized spacial score (nSPS) is 12.7. The Kier molecular flexibility index (Phi) is 6.73. The lowest BCUT2D eigenvalue weighted by Crippen LogP contribution is -2.39. The number of carbonyl (C=O) groups is 1. The van der Waals surface area contributed by atoms with Crippen LogP contribution < -0.4 is 20.1 Å². The SMILES string of the molecule is COc1ccc(OC)c([C@H](C)N[C@@H](C)C(=O)Nc2ccccc2[N+](=O)[O-])c1. The molecule has 1 amide bonds. The highest BCUT2D eigenvalue weighted by Crippen LogP contribution is 2.29. The highest BCUT2D eigenvalue weighted by atomic mass is 16.6. The molecular formula is C19H23N3O5. The first-order chi connectivity index (χ1) is 12.9. The van der Waals surface area contributed by atoms with Crippen molar-refractivity contribution >= 4 is 17.3 Å². The van der Waals surface area contributed by atoms with Crippen molar-refractivity contribution in [1.29, 1.82) is 0 Å². The van der Waals surface area contributed by atoms with E-state index in [0.29, 0.717) is 11.5 Å². The van der Waals surface area contributed by atoms with Crippen molar-refractivity contribution in [3.63, 3.8) is 0 Å². The second-order valence-corrected chi connectivity index (χ2v) is 5.98. The topological polar surface area (TPSA) is 103 Å². The van der Waals surface area contributed by atoms with Gasteiger partial charge in [-0.25, -0.2) is 0 Å². The molecule has 0 saturated heterocycles. The summed E-state index contributed by atoms with van der Waals surface area (Å²) in [6.07, 6.45) is 0. The summed E-state index contributed by atoms with van der Waals surface area (Å²) in [6.45, 7) is 3.58. The molecule has 0 aliphatic carbocycles. The predicted molar refractivity (Wildman–Crippen MR) is 102 cm³/mol. The lowest BCUT2D eigenvalue weighted by atomic mass is 10.1. The van der Waals surface area contributed by atoms with Crippen molar-refractivity contribution in [2.24, 2.45) is 0 Å². The van der Waals surface area contributed by atoms with Gasteiger partial charge in [0.1, 0.15) is 17.2 Å². The van der Waals surface area contributed by atoms with Crippen LogP contribution in [0.4, 0.5) is 11.4 Å². The van der Waals surface area contributed by atoms with E-state index in [4.69, 9.17) is 9.47 Å². The van der Waals surface area contributed by atoms with Crippen molar-refractivity contribution in [2.45, 2.75) is 25.9 Å². The predicted octanol–water partition coefficient (Wildman–Crippen LogP) is 3.29. The van der Waals surface area contributed by atoms with Crippen LogP contribution in [0.5, 0.6) is 11.5 Å². The van der Waals surface area contributed by atoms with Crippen LogP contribution in [0.3, 0.4) is 0 Å². The van der Waals surface area contributed by atoms with Gasteiger partial charge in [0.25, 0.3) is 5.69 Å². The standard InChI is InChI=1S/C19H23N3O5/c1-12(15-11-14(26-3)9-10-18(15)27-4)20-13(2)19(23)21-16-7-5-6-8-17(16)22(24)25/h5-13,20H,1-4H3,(H,21,23)/t12-,13-/m0/s1. The Morgan fingerprint density at radius 1 is 1.11 bits per heavy atom. The van der Waals surface area contributed by atoms with Gasteiger partial charge in [-0.3, -0.25) is 20.2 Å². The summed E-state index contributed by atoms with van der Waals surface area (Å²) in [5, 5.41) is 16.9. The lowest BCUT2D eigenvalue weighted by Gasteiger charge is -2.22. The van der Waals surface area contributed by atoms with Crippen LogP contribution in [-0.2, 0) is 4.79 Å². The minimum absolute atomic E-state index is 0.152. The quantitative estimate of drug-likeness (QED) is 0.544. The molecular weight excluding hydrogens is 350 g/mol. The van der Waals surface area contributed by atoms with Crippen molar-refractivity contribution in [3.8, 4) is 11.5 Å². The molecule has 2 aromatic carbocycles. The van der Waals surface area contributed by atoms with E-state index in [9.17, 15) is 14.9 Å². The van der Waals surface area contributed by atoms with E-state index in [0.717, 1.165) is 5.56 Å². The molecule has 0 aliphatic rings. The molecule has 0 radical (unpaired) electrons. The summed E-state index contributed by atoms with van der Waals surface area (Å²) < 4.78 is 10.6. The van der Waals surface area contributed by atoms with E-state index in [1.54, 1.807) is 45.4 Å². The summed E-state index contributed by atoms with van der Waals surface area (Å²) in [5.41, 5.74) is 0.843. The molecule has 0 aromatic heterocycles. The Labute approximate surface area is 157 Å². The van der Waals surface area contributed by atoms with Crippen LogP contribution >= 0.6 is 0 Å². The van der Waals surface area contributed by atoms with Gasteiger partial charge in [-0.15, -0.1) is 0 Å². The number of rotatable bonds is 8. The van der Waals surface area contributed by atoms with Crippen LogP contribution in [0.25, 0.3) is 0 Å². The number of nitro benzene ring substituents is 1. The molecule has 8 nitrogen and oxygen atoms in total. The summed E-state index contributed by atoms with van der Waals surface area (Å²) >= 11 is 0. The Morgan fingerprint density at radius 2 is 1.81 bits per heavy atom. The zero-order valence-electron chi connectivity index (χ0n) is 15.7. The minimum atomic E-state index is -0.601. The van der Waals surface area contributed by atoms with Gasteiger partial charge < -0.3 is 14.8 Å². The van der Waals surface area contributed by atoms with E-state index in [1.807, 2.05) is 13.0 Å². The van der Waals surface area contributed by atoms with Crippen LogP contribution in [0.15, 0.2) is 42.5 Å². The number of para-hydroxylation sites is 2. The van der Waals surface area contributed by atoms with Gasteiger partial charge in [0.15, 0.2) is 0 Å². The highest BCUT2D eigenvalue weighted by Gasteiger charge is 2.21. The highest BCUT2D eigenvalue weighted by molar-refractivity contribution is 5.96. The van der Waals surface area contributed by atoms with E-state index in [-0.39, 0.29) is 23.3 Å². The number of nitrogens with zero attached hydrogens (tertiary/aromatic N) is 1. The third kappa shape index (κ3) is 4.95. The maximum Gasteiger partial charge on any atom is 0.292 e. The average Bonchev–Trinajstić information content (AvgIpc) is 2.67. The smallest absolute Gasteiger partial charge is 0.292 e. The first-order valence-electron chi connectivity index (χ1n) is 8.39. The number of amides is 1. The summed E-state index contributed by atoms with van der Waals surface area (Å²) in [6, 6.07) is 10.6. The van der Waals surface area contributed by atoms with Gasteiger partial charge in [-0.2, -0.15) is 0 Å². The molecule has 0 spiro atoms. The fourth-order valence-corrected chi connectivity index (χ4v) is 2.70. The summed E-state index contributed by atoms with van der Waals surface area (Å²) in [4.78, 5) is 23.0. The van der Waals surface area contributed by atoms with Gasteiger partial charge in [0.2, 0.25) is 5.91 Å². The second-order valence-electron chi connectivity index (χ2n) is 5.98.